The van der Waals surface area contributed by atoms with Gasteiger partial charge < -0.3 is 14.4 Å². The fourth-order valence-corrected chi connectivity index (χ4v) is 6.35. The molecule has 2 aromatic heterocycles. The third kappa shape index (κ3) is 8.36. The molecule has 1 N–H and O–H groups in total. The number of fused-ring (bicyclic) bond motifs is 4. The molecule has 14 heteroatoms. The third-order valence-electron chi connectivity index (χ3n) is 7.40. The van der Waals surface area contributed by atoms with Crippen LogP contribution >= 0.6 is 0 Å². The minimum Gasteiger partial charge on any atom is -0.484 e. The van der Waals surface area contributed by atoms with Gasteiger partial charge in [0.2, 0.25) is 11.8 Å². The van der Waals surface area contributed by atoms with Crippen molar-refractivity contribution in [2.75, 3.05) is 17.9 Å². The van der Waals surface area contributed by atoms with E-state index in [1.807, 2.05) is 52.8 Å². The molecule has 0 spiro atoms. The highest BCUT2D eigenvalue weighted by atomic mass is 32.2. The summed E-state index contributed by atoms with van der Waals surface area (Å²) in [5.41, 5.74) is 2.99. The molecule has 11 nitrogen and oxygen atoms in total. The van der Waals surface area contributed by atoms with Gasteiger partial charge in [-0.3, -0.25) is 4.79 Å². The van der Waals surface area contributed by atoms with Crippen LogP contribution in [-0.2, 0) is 16.6 Å². The van der Waals surface area contributed by atoms with E-state index >= 15 is 0 Å². The predicted molar refractivity (Wildman–Crippen MR) is 171 cm³/mol. The molecule has 0 aliphatic carbocycles. The number of aromatic nitrogens is 4. The van der Waals surface area contributed by atoms with E-state index in [0.29, 0.717) is 12.1 Å². The summed E-state index contributed by atoms with van der Waals surface area (Å²) in [7, 11) is -4.23. The van der Waals surface area contributed by atoms with Crippen molar-refractivity contribution in [2.45, 2.75) is 64.9 Å². The van der Waals surface area contributed by atoms with Gasteiger partial charge in [-0.05, 0) is 55.0 Å². The number of rotatable bonds is 7. The summed E-state index contributed by atoms with van der Waals surface area (Å²) in [6.07, 6.45) is 0.351. The number of aryl methyl sites for hydroxylation is 2. The number of ether oxygens (including phenoxy) is 2. The highest BCUT2D eigenvalue weighted by molar-refractivity contribution is 7.92. The largest absolute Gasteiger partial charge is 0.484 e. The number of benzene rings is 2. The number of hydrogen-bond donors (Lipinski definition) is 1. The summed E-state index contributed by atoms with van der Waals surface area (Å²) in [5.74, 6) is -0.260. The maximum Gasteiger partial charge on any atom is 0.272 e. The number of sulfonamides is 1. The number of carbonyl (C=O) groups is 1. The quantitative estimate of drug-likeness (QED) is 0.258. The molecule has 4 aromatic rings. The SMILES string of the molecule is Cc1cccc(C)c1-c1cc2nc(n1)NS(=O)(=O)c1cccc(c1)C(=O)N(Cc1ncc(OCC(F)F)cn1)[C@H](CC(C)(C)C)CO2. The average Bonchev–Trinajstić information content (AvgIpc) is 3.00. The van der Waals surface area contributed by atoms with Gasteiger partial charge in [0.05, 0.1) is 35.6 Å². The van der Waals surface area contributed by atoms with Crippen LogP contribution < -0.4 is 14.2 Å². The molecule has 4 bridgehead atoms. The highest BCUT2D eigenvalue weighted by Gasteiger charge is 2.32. The van der Waals surface area contributed by atoms with Gasteiger partial charge in [-0.1, -0.05) is 45.0 Å². The number of nitrogens with zero attached hydrogens (tertiary/aromatic N) is 5. The number of alkyl halides is 2. The van der Waals surface area contributed by atoms with Crippen molar-refractivity contribution in [3.05, 3.63) is 83.4 Å². The molecule has 47 heavy (non-hydrogen) atoms. The minimum absolute atomic E-state index is 0.00627. The van der Waals surface area contributed by atoms with Gasteiger partial charge in [0, 0.05) is 17.2 Å². The summed E-state index contributed by atoms with van der Waals surface area (Å²) >= 11 is 0. The lowest BCUT2D eigenvalue weighted by Gasteiger charge is -2.35. The normalized spacial score (nSPS) is 16.4. The molecule has 0 saturated heterocycles. The van der Waals surface area contributed by atoms with Crippen LogP contribution in [0.3, 0.4) is 0 Å². The number of hydrogen-bond acceptors (Lipinski definition) is 9. The van der Waals surface area contributed by atoms with Gasteiger partial charge in [0.25, 0.3) is 22.4 Å². The van der Waals surface area contributed by atoms with Crippen molar-refractivity contribution in [1.82, 2.24) is 24.8 Å². The zero-order chi connectivity index (χ0) is 33.9. The average molecular weight is 667 g/mol. The Morgan fingerprint density at radius 3 is 2.38 bits per heavy atom. The van der Waals surface area contributed by atoms with Crippen LogP contribution in [0.15, 0.2) is 65.8 Å². The molecule has 1 atom stereocenters. The smallest absolute Gasteiger partial charge is 0.272 e. The van der Waals surface area contributed by atoms with Gasteiger partial charge in [-0.15, -0.1) is 0 Å². The molecule has 0 fully saturated rings. The lowest BCUT2D eigenvalue weighted by Crippen LogP contribution is -2.45. The van der Waals surface area contributed by atoms with E-state index in [2.05, 4.69) is 24.7 Å². The fourth-order valence-electron chi connectivity index (χ4n) is 5.36. The minimum atomic E-state index is -4.23. The number of carbonyl (C=O) groups excluding carboxylic acids is 1. The van der Waals surface area contributed by atoms with Crippen molar-refractivity contribution in [2.24, 2.45) is 5.41 Å². The molecule has 0 unspecified atom stereocenters. The second-order valence-corrected chi connectivity index (χ2v) is 14.2. The van der Waals surface area contributed by atoms with E-state index in [9.17, 15) is 22.0 Å². The Labute approximate surface area is 272 Å². The van der Waals surface area contributed by atoms with Gasteiger partial charge in [-0.25, -0.2) is 36.9 Å². The monoisotopic (exact) mass is 666 g/mol. The van der Waals surface area contributed by atoms with Crippen molar-refractivity contribution < 1.29 is 31.5 Å². The van der Waals surface area contributed by atoms with Gasteiger partial charge in [0.1, 0.15) is 19.0 Å². The van der Waals surface area contributed by atoms with Crippen molar-refractivity contribution in [3.8, 4) is 22.9 Å². The first-order valence-corrected chi connectivity index (χ1v) is 16.4. The molecule has 0 saturated carbocycles. The zero-order valence-corrected chi connectivity index (χ0v) is 27.5. The van der Waals surface area contributed by atoms with E-state index < -0.39 is 35.0 Å². The first-order chi connectivity index (χ1) is 22.2. The number of halogens is 2. The summed E-state index contributed by atoms with van der Waals surface area (Å²) < 4.78 is 66.1. The van der Waals surface area contributed by atoms with Crippen LogP contribution in [0.2, 0.25) is 0 Å². The van der Waals surface area contributed by atoms with Crippen LogP contribution in [0.5, 0.6) is 11.6 Å². The molecule has 1 aliphatic rings. The second kappa shape index (κ2) is 13.6. The maximum atomic E-state index is 14.2. The van der Waals surface area contributed by atoms with Crippen LogP contribution in [0.25, 0.3) is 11.3 Å². The fraction of sp³-hybridized carbons (Fsp3) is 0.364. The summed E-state index contributed by atoms with van der Waals surface area (Å²) in [5, 5.41) is 0. The predicted octanol–water partition coefficient (Wildman–Crippen LogP) is 5.83. The standard InChI is InChI=1S/C33H36F2N6O5S/c1-20-8-6-9-21(2)30(20)26-13-29-39-32(38-26)40-47(43,44)25-11-7-10-22(12-25)31(42)41(23(18-46-29)14-33(3,4)5)17-28-36-15-24(16-37-28)45-19-27(34)35/h6-13,15-16,23,27H,14,17-19H2,1-5H3,(H,38,39,40)/t23-/m1/s1. The molecule has 0 radical (unpaired) electrons. The highest BCUT2D eigenvalue weighted by Crippen LogP contribution is 2.31. The van der Waals surface area contributed by atoms with Gasteiger partial charge in [-0.2, -0.15) is 4.98 Å². The Morgan fingerprint density at radius 1 is 1.04 bits per heavy atom. The Bertz CT molecular complexity index is 1850. The van der Waals surface area contributed by atoms with Crippen LogP contribution in [0.1, 0.15) is 54.5 Å². The van der Waals surface area contributed by atoms with Gasteiger partial charge >= 0.3 is 0 Å². The Kier molecular flexibility index (Phi) is 9.70. The molecule has 5 rings (SSSR count). The van der Waals surface area contributed by atoms with Crippen LogP contribution in [0, 0.1) is 19.3 Å². The first-order valence-electron chi connectivity index (χ1n) is 14.9. The van der Waals surface area contributed by atoms with E-state index in [1.54, 1.807) is 6.07 Å². The van der Waals surface area contributed by atoms with E-state index in [4.69, 9.17) is 9.47 Å². The van der Waals surface area contributed by atoms with Crippen LogP contribution in [-0.4, -0.2) is 64.8 Å². The Hall–Kier alpha value is -4.72. The number of anilines is 1. The molecule has 2 aromatic carbocycles. The summed E-state index contributed by atoms with van der Waals surface area (Å²) in [6, 6.07) is 12.6. The topological polar surface area (TPSA) is 136 Å². The molecular weight excluding hydrogens is 630 g/mol. The molecule has 3 heterocycles. The number of amides is 1. The molecule has 248 valence electrons. The van der Waals surface area contributed by atoms with Crippen molar-refractivity contribution in [3.63, 3.8) is 0 Å². The summed E-state index contributed by atoms with van der Waals surface area (Å²) in [4.78, 5) is 33.1. The van der Waals surface area contributed by atoms with E-state index in [-0.39, 0.29) is 52.4 Å². The Morgan fingerprint density at radius 2 is 1.72 bits per heavy atom. The van der Waals surface area contributed by atoms with E-state index in [1.165, 1.54) is 41.6 Å². The van der Waals surface area contributed by atoms with Crippen molar-refractivity contribution in [1.29, 1.82) is 0 Å². The number of nitrogens with one attached hydrogen (secondary N) is 1. The van der Waals surface area contributed by atoms with Crippen LogP contribution in [0.4, 0.5) is 14.7 Å². The molecule has 1 amide bonds. The first kappa shape index (κ1) is 33.6. The van der Waals surface area contributed by atoms with Gasteiger partial charge in [0.15, 0.2) is 5.75 Å². The molecule has 1 aliphatic heterocycles. The molecular formula is C33H36F2N6O5S. The Balaban J connectivity index is 1.61. The third-order valence-corrected chi connectivity index (χ3v) is 8.73. The van der Waals surface area contributed by atoms with E-state index in [0.717, 1.165) is 16.7 Å². The second-order valence-electron chi connectivity index (χ2n) is 12.5. The zero-order valence-electron chi connectivity index (χ0n) is 26.7. The lowest BCUT2D eigenvalue weighted by atomic mass is 9.87. The van der Waals surface area contributed by atoms with Crippen molar-refractivity contribution >= 4 is 21.9 Å². The maximum absolute atomic E-state index is 14.2. The lowest BCUT2D eigenvalue weighted by molar-refractivity contribution is 0.0504. The summed E-state index contributed by atoms with van der Waals surface area (Å²) in [6.45, 7) is 9.06.